The van der Waals surface area contributed by atoms with Crippen LogP contribution < -0.4 is 4.74 Å². The maximum Gasteiger partial charge on any atom is 0.320 e. The average Bonchev–Trinajstić information content (AvgIpc) is 2.70. The van der Waals surface area contributed by atoms with E-state index in [9.17, 15) is 9.59 Å². The third kappa shape index (κ3) is 2.57. The zero-order valence-electron chi connectivity index (χ0n) is 16.2. The van der Waals surface area contributed by atoms with Crippen molar-refractivity contribution in [3.8, 4) is 5.75 Å². The van der Waals surface area contributed by atoms with E-state index >= 15 is 0 Å². The van der Waals surface area contributed by atoms with Crippen molar-refractivity contribution in [1.82, 2.24) is 0 Å². The number of Topliss-reactive ketones (excluding diaryl/α,β-unsaturated/α-hetero) is 1. The Balaban J connectivity index is 1.87. The molecular formula is C23H26O4. The number of hydrogen-bond donors (Lipinski definition) is 0. The number of carbonyl (C=O) groups excluding carboxylic acids is 2. The minimum absolute atomic E-state index is 0.0194. The van der Waals surface area contributed by atoms with Crippen LogP contribution in [0, 0.1) is 10.8 Å². The monoisotopic (exact) mass is 366 g/mol. The van der Waals surface area contributed by atoms with Gasteiger partial charge >= 0.3 is 5.97 Å². The van der Waals surface area contributed by atoms with Gasteiger partial charge in [0.2, 0.25) is 0 Å². The molecule has 2 aliphatic rings. The van der Waals surface area contributed by atoms with Crippen molar-refractivity contribution in [1.29, 1.82) is 0 Å². The molecule has 1 atom stereocenters. The minimum atomic E-state index is -0.962. The summed E-state index contributed by atoms with van der Waals surface area (Å²) in [6.07, 6.45) is 3.42. The van der Waals surface area contributed by atoms with Gasteiger partial charge in [-0.3, -0.25) is 9.59 Å². The molecule has 0 N–H and O–H groups in total. The van der Waals surface area contributed by atoms with E-state index in [1.54, 1.807) is 7.11 Å². The molecule has 4 nitrogen and oxygen atoms in total. The van der Waals surface area contributed by atoms with Crippen molar-refractivity contribution in [2.75, 3.05) is 7.11 Å². The van der Waals surface area contributed by atoms with Crippen LogP contribution in [0.5, 0.6) is 5.75 Å². The van der Waals surface area contributed by atoms with Crippen LogP contribution in [0.3, 0.4) is 0 Å². The molecule has 2 fully saturated rings. The largest absolute Gasteiger partial charge is 0.496 e. The molecule has 1 aliphatic heterocycles. The van der Waals surface area contributed by atoms with E-state index in [1.165, 1.54) is 0 Å². The fourth-order valence-electron chi connectivity index (χ4n) is 4.93. The van der Waals surface area contributed by atoms with Crippen molar-refractivity contribution in [2.45, 2.75) is 52.1 Å². The van der Waals surface area contributed by atoms with Gasteiger partial charge in [-0.1, -0.05) is 49.6 Å². The summed E-state index contributed by atoms with van der Waals surface area (Å²) in [5, 5.41) is 1.99. The summed E-state index contributed by atoms with van der Waals surface area (Å²) in [6.45, 7) is 3.81. The standard InChI is InChI=1S/C23H26O4/c1-22(2)19(27-21(25)23(20(22)24)13-7-4-8-14-23)18-16-10-6-5-9-15(16)11-12-17(18)26-3/h5-6,9-12,19H,4,7-8,13-14H2,1-3H3/t19-/m0/s1. The lowest BCUT2D eigenvalue weighted by molar-refractivity contribution is -0.192. The second kappa shape index (κ2) is 6.36. The first-order valence-electron chi connectivity index (χ1n) is 9.73. The quantitative estimate of drug-likeness (QED) is 0.555. The first-order chi connectivity index (χ1) is 12.9. The summed E-state index contributed by atoms with van der Waals surface area (Å²) in [4.78, 5) is 26.7. The van der Waals surface area contributed by atoms with Crippen molar-refractivity contribution in [2.24, 2.45) is 10.8 Å². The summed E-state index contributed by atoms with van der Waals surface area (Å²) in [7, 11) is 1.61. The van der Waals surface area contributed by atoms with Crippen LogP contribution in [0.25, 0.3) is 10.8 Å². The van der Waals surface area contributed by atoms with Crippen LogP contribution in [0.15, 0.2) is 36.4 Å². The summed E-state index contributed by atoms with van der Waals surface area (Å²) in [6, 6.07) is 11.8. The molecule has 0 aromatic heterocycles. The molecule has 1 saturated heterocycles. The fourth-order valence-corrected chi connectivity index (χ4v) is 4.93. The lowest BCUT2D eigenvalue weighted by atomic mass is 9.60. The van der Waals surface area contributed by atoms with Gasteiger partial charge in [0.25, 0.3) is 0 Å². The highest BCUT2D eigenvalue weighted by atomic mass is 16.6. The molecule has 1 aliphatic carbocycles. The van der Waals surface area contributed by atoms with Crippen molar-refractivity contribution < 1.29 is 19.1 Å². The molecule has 0 amide bonds. The zero-order valence-corrected chi connectivity index (χ0v) is 16.2. The number of benzene rings is 2. The van der Waals surface area contributed by atoms with Gasteiger partial charge in [-0.2, -0.15) is 0 Å². The van der Waals surface area contributed by atoms with Crippen LogP contribution >= 0.6 is 0 Å². The number of methoxy groups -OCH3 is 1. The normalized spacial score (nSPS) is 24.0. The second-order valence-corrected chi connectivity index (χ2v) is 8.38. The van der Waals surface area contributed by atoms with Gasteiger partial charge in [-0.05, 0) is 43.5 Å². The maximum atomic E-state index is 13.6. The van der Waals surface area contributed by atoms with Crippen LogP contribution in [-0.2, 0) is 14.3 Å². The molecule has 142 valence electrons. The molecule has 2 aromatic rings. The molecule has 0 radical (unpaired) electrons. The molecule has 2 aromatic carbocycles. The van der Waals surface area contributed by atoms with Crippen LogP contribution in [0.4, 0.5) is 0 Å². The lowest BCUT2D eigenvalue weighted by Gasteiger charge is -2.47. The third-order valence-corrected chi connectivity index (χ3v) is 6.41. The fraction of sp³-hybridized carbons (Fsp3) is 0.478. The second-order valence-electron chi connectivity index (χ2n) is 8.38. The molecule has 4 rings (SSSR count). The number of ether oxygens (including phenoxy) is 2. The predicted molar refractivity (Wildman–Crippen MR) is 104 cm³/mol. The number of ketones is 1. The van der Waals surface area contributed by atoms with E-state index in [0.717, 1.165) is 35.6 Å². The number of carbonyl (C=O) groups is 2. The highest BCUT2D eigenvalue weighted by Crippen LogP contribution is 2.55. The van der Waals surface area contributed by atoms with Crippen molar-refractivity contribution >= 4 is 22.5 Å². The Hall–Kier alpha value is -2.36. The van der Waals surface area contributed by atoms with E-state index in [0.29, 0.717) is 18.6 Å². The molecule has 1 saturated carbocycles. The summed E-state index contributed by atoms with van der Waals surface area (Å²) >= 11 is 0. The predicted octanol–water partition coefficient (Wildman–Crippen LogP) is 4.99. The van der Waals surface area contributed by atoms with Gasteiger partial charge in [-0.15, -0.1) is 0 Å². The van der Waals surface area contributed by atoms with E-state index in [4.69, 9.17) is 9.47 Å². The van der Waals surface area contributed by atoms with Gasteiger partial charge in [-0.25, -0.2) is 0 Å². The number of rotatable bonds is 2. The zero-order chi connectivity index (χ0) is 19.2. The molecular weight excluding hydrogens is 340 g/mol. The molecule has 0 bridgehead atoms. The highest BCUT2D eigenvalue weighted by Gasteiger charge is 2.60. The first-order valence-corrected chi connectivity index (χ1v) is 9.73. The van der Waals surface area contributed by atoms with E-state index in [-0.39, 0.29) is 11.8 Å². The van der Waals surface area contributed by atoms with Gasteiger partial charge in [0.1, 0.15) is 17.3 Å². The van der Waals surface area contributed by atoms with Crippen molar-refractivity contribution in [3.05, 3.63) is 42.0 Å². The van der Waals surface area contributed by atoms with Gasteiger partial charge in [0, 0.05) is 5.56 Å². The summed E-state index contributed by atoms with van der Waals surface area (Å²) in [5.41, 5.74) is -0.994. The lowest BCUT2D eigenvalue weighted by Crippen LogP contribution is -2.55. The van der Waals surface area contributed by atoms with Crippen LogP contribution in [0.1, 0.15) is 57.6 Å². The molecule has 1 heterocycles. The van der Waals surface area contributed by atoms with Crippen LogP contribution in [-0.4, -0.2) is 18.9 Å². The smallest absolute Gasteiger partial charge is 0.320 e. The Kier molecular flexibility index (Phi) is 4.25. The average molecular weight is 366 g/mol. The summed E-state index contributed by atoms with van der Waals surface area (Å²) in [5.74, 6) is 0.310. The highest BCUT2D eigenvalue weighted by molar-refractivity contribution is 6.09. The van der Waals surface area contributed by atoms with E-state index < -0.39 is 16.9 Å². The number of fused-ring (bicyclic) bond motifs is 1. The maximum absolute atomic E-state index is 13.6. The Morgan fingerprint density at radius 3 is 2.41 bits per heavy atom. The van der Waals surface area contributed by atoms with E-state index in [2.05, 4.69) is 0 Å². The van der Waals surface area contributed by atoms with Crippen molar-refractivity contribution in [3.63, 3.8) is 0 Å². The third-order valence-electron chi connectivity index (χ3n) is 6.41. The van der Waals surface area contributed by atoms with Gasteiger partial charge < -0.3 is 9.47 Å². The molecule has 1 spiro atoms. The number of cyclic esters (lactones) is 1. The number of esters is 1. The molecule has 4 heteroatoms. The van der Waals surface area contributed by atoms with Gasteiger partial charge in [0.05, 0.1) is 12.5 Å². The molecule has 27 heavy (non-hydrogen) atoms. The Morgan fingerprint density at radius 2 is 1.70 bits per heavy atom. The van der Waals surface area contributed by atoms with Crippen LogP contribution in [0.2, 0.25) is 0 Å². The Bertz CT molecular complexity index is 906. The SMILES string of the molecule is COc1ccc2ccccc2c1[C@@H]1OC(=O)C2(CCCCC2)C(=O)C1(C)C. The number of hydrogen-bond acceptors (Lipinski definition) is 4. The summed E-state index contributed by atoms with van der Waals surface area (Å²) < 4.78 is 11.7. The Labute approximate surface area is 159 Å². The first kappa shape index (κ1) is 18.0. The minimum Gasteiger partial charge on any atom is -0.496 e. The Morgan fingerprint density at radius 1 is 1.00 bits per heavy atom. The molecule has 0 unspecified atom stereocenters. The van der Waals surface area contributed by atoms with Gasteiger partial charge in [0.15, 0.2) is 5.78 Å². The van der Waals surface area contributed by atoms with E-state index in [1.807, 2.05) is 50.2 Å². The topological polar surface area (TPSA) is 52.6 Å².